The third-order valence-corrected chi connectivity index (χ3v) is 7.72. The summed E-state index contributed by atoms with van der Waals surface area (Å²) in [5.41, 5.74) is 11.0. The average molecular weight is 617 g/mol. The average Bonchev–Trinajstić information content (AvgIpc) is 3.43. The number of nitrogens with two attached hydrogens (primary N) is 1. The molecule has 1 aromatic heterocycles. The molecule has 0 aliphatic carbocycles. The van der Waals surface area contributed by atoms with Crippen LogP contribution in [0.15, 0.2) is 102 Å². The van der Waals surface area contributed by atoms with Crippen molar-refractivity contribution in [2.24, 2.45) is 16.6 Å². The first kappa shape index (κ1) is 31.2. The number of nitriles is 1. The normalized spacial score (nSPS) is 14.3. The number of amides is 2. The number of primary amides is 1. The van der Waals surface area contributed by atoms with Crippen LogP contribution >= 0.6 is 11.6 Å². The highest BCUT2D eigenvalue weighted by Crippen LogP contribution is 2.28. The fourth-order valence-electron chi connectivity index (χ4n) is 5.38. The van der Waals surface area contributed by atoms with E-state index in [9.17, 15) is 14.9 Å². The first-order chi connectivity index (χ1) is 21.8. The van der Waals surface area contributed by atoms with Gasteiger partial charge in [0.1, 0.15) is 11.9 Å². The molecule has 0 saturated carbocycles. The van der Waals surface area contributed by atoms with E-state index in [4.69, 9.17) is 16.6 Å². The Balaban J connectivity index is 0.000000945. The lowest BCUT2D eigenvalue weighted by Crippen LogP contribution is -2.38. The van der Waals surface area contributed by atoms with Crippen LogP contribution in [0.2, 0.25) is 5.02 Å². The quantitative estimate of drug-likeness (QED) is 0.196. The van der Waals surface area contributed by atoms with Crippen molar-refractivity contribution >= 4 is 45.8 Å². The Morgan fingerprint density at radius 3 is 2.33 bits per heavy atom. The number of piperidine rings is 1. The molecule has 0 bridgehead atoms. The van der Waals surface area contributed by atoms with Gasteiger partial charge in [-0.15, -0.1) is 0 Å². The van der Waals surface area contributed by atoms with E-state index in [1.807, 2.05) is 95.9 Å². The molecule has 2 amide bonds. The molecule has 2 heterocycles. The summed E-state index contributed by atoms with van der Waals surface area (Å²) >= 11 is 6.11. The lowest BCUT2D eigenvalue weighted by Gasteiger charge is -2.31. The molecule has 0 spiro atoms. The van der Waals surface area contributed by atoms with E-state index in [1.165, 1.54) is 6.92 Å². The molecule has 226 valence electrons. The van der Waals surface area contributed by atoms with Crippen LogP contribution in [0.5, 0.6) is 0 Å². The topological polar surface area (TPSA) is 128 Å². The van der Waals surface area contributed by atoms with Gasteiger partial charge in [-0.25, -0.2) is 9.98 Å². The van der Waals surface area contributed by atoms with Crippen LogP contribution in [0.25, 0.3) is 11.0 Å². The van der Waals surface area contributed by atoms with Crippen molar-refractivity contribution in [2.45, 2.75) is 32.7 Å². The van der Waals surface area contributed by atoms with Gasteiger partial charge in [-0.2, -0.15) is 5.26 Å². The molecule has 5 aromatic rings. The second-order valence-electron chi connectivity index (χ2n) is 11.0. The number of aliphatic imine (C=N–C) groups is 1. The summed E-state index contributed by atoms with van der Waals surface area (Å²) in [7, 11) is 0. The maximum atomic E-state index is 13.2. The van der Waals surface area contributed by atoms with Crippen molar-refractivity contribution in [3.8, 4) is 6.07 Å². The van der Waals surface area contributed by atoms with Crippen molar-refractivity contribution in [3.05, 3.63) is 130 Å². The SMILES string of the molecule is CC(N)=O.N#Cc1ccc(CN2CCC(Cc3nc4ccc(Cl)cc4[nH]3)CC2=O)cc1N=C(c1ccccc1)c1ccccc1. The van der Waals surface area contributed by atoms with Crippen LogP contribution in [0.1, 0.15) is 47.8 Å². The van der Waals surface area contributed by atoms with Crippen molar-refractivity contribution in [2.75, 3.05) is 6.54 Å². The van der Waals surface area contributed by atoms with Crippen molar-refractivity contribution in [1.29, 1.82) is 5.26 Å². The Kier molecular flexibility index (Phi) is 10.0. The summed E-state index contributed by atoms with van der Waals surface area (Å²) in [6.07, 6.45) is 2.10. The second kappa shape index (κ2) is 14.5. The fourth-order valence-corrected chi connectivity index (χ4v) is 5.55. The predicted octanol–water partition coefficient (Wildman–Crippen LogP) is 6.73. The highest BCUT2D eigenvalue weighted by molar-refractivity contribution is 6.31. The molecule has 0 radical (unpaired) electrons. The van der Waals surface area contributed by atoms with E-state index in [0.29, 0.717) is 35.8 Å². The molecule has 8 nitrogen and oxygen atoms in total. The van der Waals surface area contributed by atoms with E-state index >= 15 is 0 Å². The highest BCUT2D eigenvalue weighted by atomic mass is 35.5. The van der Waals surface area contributed by atoms with Crippen LogP contribution in [0.4, 0.5) is 5.69 Å². The van der Waals surface area contributed by atoms with Gasteiger partial charge in [0.2, 0.25) is 11.8 Å². The highest BCUT2D eigenvalue weighted by Gasteiger charge is 2.27. The number of hydrogen-bond donors (Lipinski definition) is 2. The maximum Gasteiger partial charge on any atom is 0.223 e. The number of aromatic nitrogens is 2. The molecule has 6 rings (SSSR count). The Hall–Kier alpha value is -5.26. The maximum absolute atomic E-state index is 13.2. The Morgan fingerprint density at radius 2 is 1.71 bits per heavy atom. The molecular formula is C36H33ClN6O2. The number of imidazole rings is 1. The number of H-pyrrole nitrogens is 1. The Morgan fingerprint density at radius 1 is 1.04 bits per heavy atom. The summed E-state index contributed by atoms with van der Waals surface area (Å²) in [6, 6.07) is 33.5. The minimum Gasteiger partial charge on any atom is -0.370 e. The minimum atomic E-state index is -0.333. The zero-order valence-corrected chi connectivity index (χ0v) is 25.7. The minimum absolute atomic E-state index is 0.129. The Labute approximate surface area is 267 Å². The van der Waals surface area contributed by atoms with Crippen LogP contribution in [-0.4, -0.2) is 38.9 Å². The Bertz CT molecular complexity index is 1830. The molecule has 1 saturated heterocycles. The number of carbonyl (C=O) groups excluding carboxylic acids is 2. The smallest absolute Gasteiger partial charge is 0.223 e. The summed E-state index contributed by atoms with van der Waals surface area (Å²) in [5.74, 6) is 0.912. The number of likely N-dealkylation sites (tertiary alicyclic amines) is 1. The van der Waals surface area contributed by atoms with Gasteiger partial charge in [-0.3, -0.25) is 9.59 Å². The van der Waals surface area contributed by atoms with Crippen LogP contribution in [0, 0.1) is 17.2 Å². The number of carbonyl (C=O) groups is 2. The molecule has 4 aromatic carbocycles. The monoisotopic (exact) mass is 616 g/mol. The number of nitrogens with one attached hydrogen (secondary N) is 1. The van der Waals surface area contributed by atoms with Crippen molar-refractivity contribution in [3.63, 3.8) is 0 Å². The molecule has 1 atom stereocenters. The molecular weight excluding hydrogens is 584 g/mol. The van der Waals surface area contributed by atoms with Gasteiger partial charge < -0.3 is 15.6 Å². The number of benzene rings is 4. The van der Waals surface area contributed by atoms with E-state index in [-0.39, 0.29) is 17.7 Å². The van der Waals surface area contributed by atoms with Gasteiger partial charge in [-0.05, 0) is 48.2 Å². The van der Waals surface area contributed by atoms with E-state index < -0.39 is 0 Å². The van der Waals surface area contributed by atoms with Gasteiger partial charge in [0.15, 0.2) is 0 Å². The van der Waals surface area contributed by atoms with Crippen molar-refractivity contribution < 1.29 is 9.59 Å². The second-order valence-corrected chi connectivity index (χ2v) is 11.4. The molecule has 9 heteroatoms. The number of fused-ring (bicyclic) bond motifs is 1. The summed E-state index contributed by atoms with van der Waals surface area (Å²) in [5, 5.41) is 10.5. The zero-order valence-electron chi connectivity index (χ0n) is 24.9. The molecule has 1 aliphatic rings. The van der Waals surface area contributed by atoms with E-state index in [0.717, 1.165) is 52.1 Å². The molecule has 3 N–H and O–H groups in total. The summed E-state index contributed by atoms with van der Waals surface area (Å²) < 4.78 is 0. The number of nitrogens with zero attached hydrogens (tertiary/aromatic N) is 4. The molecule has 1 aliphatic heterocycles. The van der Waals surface area contributed by atoms with Crippen LogP contribution in [-0.2, 0) is 22.6 Å². The van der Waals surface area contributed by atoms with Gasteiger partial charge in [0.25, 0.3) is 0 Å². The fraction of sp³-hybridized carbons (Fsp3) is 0.194. The predicted molar refractivity (Wildman–Crippen MR) is 177 cm³/mol. The first-order valence-corrected chi connectivity index (χ1v) is 15.1. The van der Waals surface area contributed by atoms with Gasteiger partial charge in [0, 0.05) is 49.0 Å². The lowest BCUT2D eigenvalue weighted by atomic mass is 9.92. The lowest BCUT2D eigenvalue weighted by molar-refractivity contribution is -0.135. The number of hydrogen-bond acceptors (Lipinski definition) is 5. The molecule has 1 unspecified atom stereocenters. The zero-order chi connectivity index (χ0) is 31.8. The largest absolute Gasteiger partial charge is 0.370 e. The summed E-state index contributed by atoms with van der Waals surface area (Å²) in [4.78, 5) is 37.3. The molecule has 1 fully saturated rings. The van der Waals surface area contributed by atoms with Gasteiger partial charge >= 0.3 is 0 Å². The number of rotatable bonds is 7. The standard InChI is InChI=1S/C34H28ClN5O.C2H5NO/c35-28-13-14-29-31(20-28)38-32(37-29)18-23-15-16-40(33(41)19-23)22-24-11-12-27(21-36)30(17-24)39-34(25-7-3-1-4-8-25)26-9-5-2-6-10-26;1-2(3)4/h1-14,17,20,23H,15-16,18-19,22H2,(H,37,38);1H3,(H2,3,4). The van der Waals surface area contributed by atoms with Gasteiger partial charge in [0.05, 0.1) is 28.0 Å². The van der Waals surface area contributed by atoms with Crippen LogP contribution < -0.4 is 5.73 Å². The summed E-state index contributed by atoms with van der Waals surface area (Å²) in [6.45, 7) is 2.46. The van der Waals surface area contributed by atoms with Crippen LogP contribution in [0.3, 0.4) is 0 Å². The third-order valence-electron chi connectivity index (χ3n) is 7.48. The van der Waals surface area contributed by atoms with E-state index in [1.54, 1.807) is 6.07 Å². The van der Waals surface area contributed by atoms with E-state index in [2.05, 4.69) is 21.8 Å². The molecule has 45 heavy (non-hydrogen) atoms. The van der Waals surface area contributed by atoms with Crippen molar-refractivity contribution in [1.82, 2.24) is 14.9 Å². The first-order valence-electron chi connectivity index (χ1n) is 14.7. The van der Waals surface area contributed by atoms with Gasteiger partial charge in [-0.1, -0.05) is 78.3 Å². The third kappa shape index (κ3) is 8.22. The number of halogens is 1. The number of aromatic amines is 1.